The molecule has 1 aromatic carbocycles. The Hall–Kier alpha value is -1.72. The third-order valence-electron chi connectivity index (χ3n) is 4.67. The smallest absolute Gasteiger partial charge is 0.247 e. The molecule has 1 aliphatic heterocycles. The van der Waals surface area contributed by atoms with Gasteiger partial charge in [-0.1, -0.05) is 31.0 Å². The van der Waals surface area contributed by atoms with E-state index in [0.717, 1.165) is 25.3 Å². The van der Waals surface area contributed by atoms with E-state index in [1.807, 2.05) is 30.3 Å². The molecular weight excluding hydrogens is 278 g/mol. The first-order valence-electron chi connectivity index (χ1n) is 8.13. The lowest BCUT2D eigenvalue weighted by Crippen LogP contribution is -2.52. The minimum absolute atomic E-state index is 0.388. The summed E-state index contributed by atoms with van der Waals surface area (Å²) in [5, 5.41) is 8.41. The van der Waals surface area contributed by atoms with Crippen molar-refractivity contribution in [2.24, 2.45) is 0 Å². The standard InChI is InChI=1S/C17H21N3O2/c1-2-6-13(7-3-1)17-19-18-16(22-17)12-20-10-11-21-15-9-5-4-8-14(15)20/h1-3,6-7,14-15H,4-5,8-12H2/t14-,15-/m1/s1. The van der Waals surface area contributed by atoms with Crippen LogP contribution in [-0.2, 0) is 11.3 Å². The summed E-state index contributed by atoms with van der Waals surface area (Å²) in [4.78, 5) is 2.45. The fourth-order valence-electron chi connectivity index (χ4n) is 3.56. The molecule has 0 radical (unpaired) electrons. The number of ether oxygens (including phenoxy) is 1. The molecule has 2 heterocycles. The molecule has 5 nitrogen and oxygen atoms in total. The predicted octanol–water partition coefficient (Wildman–Crippen LogP) is 2.88. The first kappa shape index (κ1) is 13.9. The van der Waals surface area contributed by atoms with Gasteiger partial charge in [-0.25, -0.2) is 0 Å². The molecule has 0 N–H and O–H groups in total. The van der Waals surface area contributed by atoms with E-state index in [1.165, 1.54) is 25.7 Å². The van der Waals surface area contributed by atoms with Crippen LogP contribution in [0.1, 0.15) is 31.6 Å². The summed E-state index contributed by atoms with van der Waals surface area (Å²) in [6.07, 6.45) is 5.36. The van der Waals surface area contributed by atoms with Crippen LogP contribution < -0.4 is 0 Å². The number of fused-ring (bicyclic) bond motifs is 1. The number of aromatic nitrogens is 2. The summed E-state index contributed by atoms with van der Waals surface area (Å²) in [6.45, 7) is 2.48. The van der Waals surface area contributed by atoms with Gasteiger partial charge in [0.15, 0.2) is 0 Å². The molecule has 1 saturated carbocycles. The number of nitrogens with zero attached hydrogens (tertiary/aromatic N) is 3. The van der Waals surface area contributed by atoms with Crippen LogP contribution >= 0.6 is 0 Å². The molecule has 1 aromatic heterocycles. The molecule has 22 heavy (non-hydrogen) atoms. The van der Waals surface area contributed by atoms with E-state index in [0.29, 0.717) is 23.9 Å². The van der Waals surface area contributed by atoms with Crippen molar-refractivity contribution in [1.29, 1.82) is 0 Å². The molecule has 116 valence electrons. The van der Waals surface area contributed by atoms with E-state index in [2.05, 4.69) is 15.1 Å². The van der Waals surface area contributed by atoms with Crippen molar-refractivity contribution in [2.75, 3.05) is 13.2 Å². The Morgan fingerprint density at radius 3 is 2.86 bits per heavy atom. The quantitative estimate of drug-likeness (QED) is 0.872. The van der Waals surface area contributed by atoms with Gasteiger partial charge >= 0.3 is 0 Å². The Bertz CT molecular complexity index is 611. The maximum atomic E-state index is 5.92. The molecule has 2 aliphatic rings. The van der Waals surface area contributed by atoms with Crippen molar-refractivity contribution in [3.05, 3.63) is 36.2 Å². The van der Waals surface area contributed by atoms with E-state index < -0.39 is 0 Å². The van der Waals surface area contributed by atoms with E-state index in [4.69, 9.17) is 9.15 Å². The minimum Gasteiger partial charge on any atom is -0.419 e. The molecule has 0 amide bonds. The lowest BCUT2D eigenvalue weighted by Gasteiger charge is -2.43. The summed E-state index contributed by atoms with van der Waals surface area (Å²) in [6, 6.07) is 10.4. The third-order valence-corrected chi connectivity index (χ3v) is 4.67. The highest BCUT2D eigenvalue weighted by atomic mass is 16.5. The van der Waals surface area contributed by atoms with Crippen LogP contribution in [0, 0.1) is 0 Å². The van der Waals surface area contributed by atoms with Crippen LogP contribution in [0.4, 0.5) is 0 Å². The second kappa shape index (κ2) is 6.18. The van der Waals surface area contributed by atoms with Gasteiger partial charge in [0.05, 0.1) is 19.3 Å². The molecule has 2 fully saturated rings. The predicted molar refractivity (Wildman–Crippen MR) is 82.1 cm³/mol. The number of morpholine rings is 1. The van der Waals surface area contributed by atoms with E-state index in [-0.39, 0.29) is 0 Å². The van der Waals surface area contributed by atoms with Crippen molar-refractivity contribution in [3.8, 4) is 11.5 Å². The Morgan fingerprint density at radius 1 is 1.09 bits per heavy atom. The third kappa shape index (κ3) is 2.78. The Balaban J connectivity index is 1.48. The highest BCUT2D eigenvalue weighted by Gasteiger charge is 2.34. The van der Waals surface area contributed by atoms with Crippen LogP contribution in [-0.4, -0.2) is 40.4 Å². The first-order valence-corrected chi connectivity index (χ1v) is 8.13. The number of rotatable bonds is 3. The van der Waals surface area contributed by atoms with Crippen LogP contribution in [0.25, 0.3) is 11.5 Å². The molecule has 0 bridgehead atoms. The van der Waals surface area contributed by atoms with Crippen molar-refractivity contribution in [2.45, 2.75) is 44.4 Å². The fourth-order valence-corrected chi connectivity index (χ4v) is 3.56. The van der Waals surface area contributed by atoms with Crippen LogP contribution in [0.5, 0.6) is 0 Å². The lowest BCUT2D eigenvalue weighted by atomic mass is 9.90. The Morgan fingerprint density at radius 2 is 1.95 bits per heavy atom. The van der Waals surface area contributed by atoms with Gasteiger partial charge in [-0.3, -0.25) is 4.90 Å². The average molecular weight is 299 g/mol. The van der Waals surface area contributed by atoms with Crippen molar-refractivity contribution in [1.82, 2.24) is 15.1 Å². The van der Waals surface area contributed by atoms with E-state index >= 15 is 0 Å². The Labute approximate surface area is 130 Å². The molecule has 4 rings (SSSR count). The summed E-state index contributed by atoms with van der Waals surface area (Å²) >= 11 is 0. The molecular formula is C17H21N3O2. The van der Waals surface area contributed by atoms with Gasteiger partial charge in [-0.05, 0) is 25.0 Å². The molecule has 2 atom stereocenters. The molecule has 0 unspecified atom stereocenters. The van der Waals surface area contributed by atoms with Gasteiger partial charge in [0.25, 0.3) is 0 Å². The molecule has 5 heteroatoms. The molecule has 1 aliphatic carbocycles. The second-order valence-corrected chi connectivity index (χ2v) is 6.10. The van der Waals surface area contributed by atoms with Gasteiger partial charge in [0.2, 0.25) is 11.8 Å². The maximum Gasteiger partial charge on any atom is 0.247 e. The topological polar surface area (TPSA) is 51.4 Å². The van der Waals surface area contributed by atoms with Gasteiger partial charge in [-0.2, -0.15) is 0 Å². The van der Waals surface area contributed by atoms with Gasteiger partial charge in [-0.15, -0.1) is 10.2 Å². The summed E-state index contributed by atoms with van der Waals surface area (Å²) in [5.41, 5.74) is 0.971. The SMILES string of the molecule is c1ccc(-c2nnc(CN3CCO[C@@H]4CCCC[C@H]43)o2)cc1. The maximum absolute atomic E-state index is 5.92. The molecule has 2 aromatic rings. The zero-order valence-electron chi connectivity index (χ0n) is 12.6. The molecule has 1 saturated heterocycles. The normalized spacial score (nSPS) is 25.8. The van der Waals surface area contributed by atoms with Crippen LogP contribution in [0.2, 0.25) is 0 Å². The van der Waals surface area contributed by atoms with Gasteiger partial charge < -0.3 is 9.15 Å². The summed E-state index contributed by atoms with van der Waals surface area (Å²) in [7, 11) is 0. The van der Waals surface area contributed by atoms with E-state index in [1.54, 1.807) is 0 Å². The fraction of sp³-hybridized carbons (Fsp3) is 0.529. The second-order valence-electron chi connectivity index (χ2n) is 6.10. The highest BCUT2D eigenvalue weighted by molar-refractivity contribution is 5.51. The zero-order chi connectivity index (χ0) is 14.8. The largest absolute Gasteiger partial charge is 0.419 e. The highest BCUT2D eigenvalue weighted by Crippen LogP contribution is 2.29. The van der Waals surface area contributed by atoms with Gasteiger partial charge in [0.1, 0.15) is 0 Å². The summed E-state index contributed by atoms with van der Waals surface area (Å²) < 4.78 is 11.8. The van der Waals surface area contributed by atoms with Crippen LogP contribution in [0.15, 0.2) is 34.7 Å². The van der Waals surface area contributed by atoms with Gasteiger partial charge in [0, 0.05) is 18.2 Å². The lowest BCUT2D eigenvalue weighted by molar-refractivity contribution is -0.0930. The Kier molecular flexibility index (Phi) is 3.91. The zero-order valence-corrected chi connectivity index (χ0v) is 12.6. The monoisotopic (exact) mass is 299 g/mol. The average Bonchev–Trinajstić information content (AvgIpc) is 3.05. The summed E-state index contributed by atoms with van der Waals surface area (Å²) in [5.74, 6) is 1.30. The van der Waals surface area contributed by atoms with Crippen molar-refractivity contribution >= 4 is 0 Å². The molecule has 0 spiro atoms. The number of hydrogen-bond donors (Lipinski definition) is 0. The van der Waals surface area contributed by atoms with Crippen molar-refractivity contribution in [3.63, 3.8) is 0 Å². The van der Waals surface area contributed by atoms with Crippen LogP contribution in [0.3, 0.4) is 0 Å². The minimum atomic E-state index is 0.388. The first-order chi connectivity index (χ1) is 10.9. The van der Waals surface area contributed by atoms with E-state index in [9.17, 15) is 0 Å². The number of hydrogen-bond acceptors (Lipinski definition) is 5. The number of benzene rings is 1. The van der Waals surface area contributed by atoms with Crippen molar-refractivity contribution < 1.29 is 9.15 Å².